The molecule has 0 atom stereocenters. The lowest BCUT2D eigenvalue weighted by Crippen LogP contribution is -2.17. The van der Waals surface area contributed by atoms with Crippen molar-refractivity contribution >= 4 is 40.3 Å². The predicted molar refractivity (Wildman–Crippen MR) is 130 cm³/mol. The number of fused-ring (bicyclic) bond motifs is 1. The molecule has 4 rings (SSSR count). The lowest BCUT2D eigenvalue weighted by atomic mass is 10.2. The van der Waals surface area contributed by atoms with E-state index in [0.29, 0.717) is 34.2 Å². The second-order valence-corrected chi connectivity index (χ2v) is 8.84. The second kappa shape index (κ2) is 10.3. The maximum atomic E-state index is 13.9. The first kappa shape index (κ1) is 23.1. The van der Waals surface area contributed by atoms with Crippen molar-refractivity contribution in [3.63, 3.8) is 0 Å². The minimum Gasteiger partial charge on any atom is -0.497 e. The highest BCUT2D eigenvalue weighted by Gasteiger charge is 2.16. The number of imidazole rings is 1. The van der Waals surface area contributed by atoms with Crippen molar-refractivity contribution in [2.75, 3.05) is 18.2 Å². The number of benzene rings is 2. The van der Waals surface area contributed by atoms with Crippen LogP contribution in [0.1, 0.15) is 24.5 Å². The molecular formula is C23H23ClFN5O2S. The fraction of sp³-hybridized carbons (Fsp3) is 0.261. The molecule has 2 heterocycles. The van der Waals surface area contributed by atoms with Crippen molar-refractivity contribution in [2.45, 2.75) is 31.6 Å². The molecule has 4 aromatic rings. The number of aromatic nitrogens is 4. The SMILES string of the molecule is CCCSc1nc(NCc2ccc(OC)cc2)c2[nH]c(=O)n(Cc3ccc(Cl)c(F)c3)c2n1. The van der Waals surface area contributed by atoms with Crippen molar-refractivity contribution in [1.29, 1.82) is 0 Å². The third-order valence-electron chi connectivity index (χ3n) is 4.98. The fourth-order valence-corrected chi connectivity index (χ4v) is 4.10. The number of H-pyrrole nitrogens is 1. The molecule has 2 N–H and O–H groups in total. The number of ether oxygens (including phenoxy) is 1. The van der Waals surface area contributed by atoms with Gasteiger partial charge in [0.15, 0.2) is 16.6 Å². The second-order valence-electron chi connectivity index (χ2n) is 7.37. The maximum Gasteiger partial charge on any atom is 0.328 e. The Labute approximate surface area is 199 Å². The molecule has 33 heavy (non-hydrogen) atoms. The molecule has 0 radical (unpaired) electrons. The van der Waals surface area contributed by atoms with E-state index in [1.165, 1.54) is 28.5 Å². The number of hydrogen-bond donors (Lipinski definition) is 2. The van der Waals surface area contributed by atoms with Crippen LogP contribution in [0.5, 0.6) is 5.75 Å². The number of hydrogen-bond acceptors (Lipinski definition) is 6. The van der Waals surface area contributed by atoms with Gasteiger partial charge in [0.25, 0.3) is 0 Å². The quantitative estimate of drug-likeness (QED) is 0.253. The number of halogens is 2. The lowest BCUT2D eigenvalue weighted by Gasteiger charge is -2.10. The van der Waals surface area contributed by atoms with Crippen LogP contribution in [-0.2, 0) is 13.1 Å². The van der Waals surface area contributed by atoms with Crippen LogP contribution in [0.15, 0.2) is 52.4 Å². The van der Waals surface area contributed by atoms with Gasteiger partial charge < -0.3 is 15.0 Å². The van der Waals surface area contributed by atoms with Crippen LogP contribution < -0.4 is 15.7 Å². The number of thioether (sulfide) groups is 1. The molecule has 0 bridgehead atoms. The van der Waals surface area contributed by atoms with Gasteiger partial charge in [0.2, 0.25) is 0 Å². The molecule has 0 unspecified atom stereocenters. The molecule has 0 saturated carbocycles. The Morgan fingerprint density at radius 2 is 1.94 bits per heavy atom. The van der Waals surface area contributed by atoms with E-state index in [4.69, 9.17) is 16.3 Å². The summed E-state index contributed by atoms with van der Waals surface area (Å²) < 4.78 is 20.6. The van der Waals surface area contributed by atoms with E-state index < -0.39 is 5.82 Å². The fourth-order valence-electron chi connectivity index (χ4n) is 3.29. The van der Waals surface area contributed by atoms with E-state index >= 15 is 0 Å². The van der Waals surface area contributed by atoms with E-state index in [0.717, 1.165) is 23.5 Å². The van der Waals surface area contributed by atoms with Crippen LogP contribution in [-0.4, -0.2) is 32.4 Å². The summed E-state index contributed by atoms with van der Waals surface area (Å²) >= 11 is 7.31. The number of anilines is 1. The zero-order chi connectivity index (χ0) is 23.4. The normalized spacial score (nSPS) is 11.2. The Hall–Kier alpha value is -3.04. The van der Waals surface area contributed by atoms with E-state index in [1.807, 2.05) is 24.3 Å². The van der Waals surface area contributed by atoms with Gasteiger partial charge in [-0.25, -0.2) is 19.2 Å². The van der Waals surface area contributed by atoms with Crippen LogP contribution in [0.4, 0.5) is 10.2 Å². The highest BCUT2D eigenvalue weighted by molar-refractivity contribution is 7.99. The average molecular weight is 488 g/mol. The Bertz CT molecular complexity index is 1320. The maximum absolute atomic E-state index is 13.9. The molecule has 0 fully saturated rings. The van der Waals surface area contributed by atoms with Gasteiger partial charge in [0, 0.05) is 12.3 Å². The van der Waals surface area contributed by atoms with Crippen molar-refractivity contribution in [2.24, 2.45) is 0 Å². The Morgan fingerprint density at radius 3 is 2.64 bits per heavy atom. The number of methoxy groups -OCH3 is 1. The summed E-state index contributed by atoms with van der Waals surface area (Å²) in [5.41, 5.74) is 2.25. The first-order valence-electron chi connectivity index (χ1n) is 10.4. The smallest absolute Gasteiger partial charge is 0.328 e. The summed E-state index contributed by atoms with van der Waals surface area (Å²) in [5, 5.41) is 3.92. The van der Waals surface area contributed by atoms with Gasteiger partial charge >= 0.3 is 5.69 Å². The van der Waals surface area contributed by atoms with E-state index in [1.54, 1.807) is 13.2 Å². The van der Waals surface area contributed by atoms with Gasteiger partial charge in [0.1, 0.15) is 17.1 Å². The molecule has 0 aliphatic heterocycles. The van der Waals surface area contributed by atoms with Crippen molar-refractivity contribution in [3.05, 3.63) is 74.9 Å². The number of rotatable bonds is 9. The Morgan fingerprint density at radius 1 is 1.18 bits per heavy atom. The van der Waals surface area contributed by atoms with Gasteiger partial charge in [-0.05, 0) is 41.8 Å². The summed E-state index contributed by atoms with van der Waals surface area (Å²) in [6, 6.07) is 12.2. The largest absolute Gasteiger partial charge is 0.497 e. The first-order valence-corrected chi connectivity index (χ1v) is 11.8. The van der Waals surface area contributed by atoms with Crippen molar-refractivity contribution < 1.29 is 9.13 Å². The Kier molecular flexibility index (Phi) is 7.20. The summed E-state index contributed by atoms with van der Waals surface area (Å²) in [6.07, 6.45) is 0.963. The van der Waals surface area contributed by atoms with Crippen LogP contribution in [0, 0.1) is 5.82 Å². The van der Waals surface area contributed by atoms with Crippen LogP contribution >= 0.6 is 23.4 Å². The van der Waals surface area contributed by atoms with Gasteiger partial charge in [0.05, 0.1) is 18.7 Å². The average Bonchev–Trinajstić information content (AvgIpc) is 3.14. The topological polar surface area (TPSA) is 84.8 Å². The number of nitrogens with zero attached hydrogens (tertiary/aromatic N) is 3. The highest BCUT2D eigenvalue weighted by atomic mass is 35.5. The summed E-state index contributed by atoms with van der Waals surface area (Å²) in [6.45, 7) is 2.74. The summed E-state index contributed by atoms with van der Waals surface area (Å²) in [5.74, 6) is 1.63. The minimum atomic E-state index is -0.530. The van der Waals surface area contributed by atoms with Crippen molar-refractivity contribution in [1.82, 2.24) is 19.5 Å². The number of aromatic amines is 1. The van der Waals surface area contributed by atoms with Gasteiger partial charge in [-0.2, -0.15) is 0 Å². The first-order chi connectivity index (χ1) is 16.0. The third kappa shape index (κ3) is 5.31. The monoisotopic (exact) mass is 487 g/mol. The highest BCUT2D eigenvalue weighted by Crippen LogP contribution is 2.25. The minimum absolute atomic E-state index is 0.0376. The van der Waals surface area contributed by atoms with Crippen LogP contribution in [0.2, 0.25) is 5.02 Å². The predicted octanol–water partition coefficient (Wildman–Crippen LogP) is 5.08. The standard InChI is InChI=1S/C23H23ClFN5O2S/c1-3-10-33-22-28-20(26-12-14-4-7-16(32-2)8-5-14)19-21(29-22)30(23(31)27-19)13-15-6-9-17(24)18(25)11-15/h4-9,11H,3,10,12-13H2,1-2H3,(H,27,31)(H,26,28,29). The molecule has 2 aromatic heterocycles. The summed E-state index contributed by atoms with van der Waals surface area (Å²) in [7, 11) is 1.62. The van der Waals surface area contributed by atoms with Crippen molar-refractivity contribution in [3.8, 4) is 5.75 Å². The Balaban J connectivity index is 1.69. The molecule has 0 aliphatic carbocycles. The lowest BCUT2D eigenvalue weighted by molar-refractivity contribution is 0.414. The summed E-state index contributed by atoms with van der Waals surface area (Å²) in [4.78, 5) is 24.9. The molecule has 10 heteroatoms. The zero-order valence-corrected chi connectivity index (χ0v) is 19.8. The molecule has 7 nitrogen and oxygen atoms in total. The third-order valence-corrected chi connectivity index (χ3v) is 6.34. The molecular weight excluding hydrogens is 465 g/mol. The van der Waals surface area contributed by atoms with Gasteiger partial charge in [-0.15, -0.1) is 0 Å². The molecule has 0 spiro atoms. The van der Waals surface area contributed by atoms with E-state index in [2.05, 4.69) is 27.2 Å². The van der Waals surface area contributed by atoms with Crippen LogP contribution in [0.3, 0.4) is 0 Å². The molecule has 0 amide bonds. The molecule has 2 aromatic carbocycles. The van der Waals surface area contributed by atoms with Gasteiger partial charge in [-0.1, -0.05) is 48.5 Å². The van der Waals surface area contributed by atoms with E-state index in [9.17, 15) is 9.18 Å². The van der Waals surface area contributed by atoms with Gasteiger partial charge in [-0.3, -0.25) is 4.57 Å². The zero-order valence-electron chi connectivity index (χ0n) is 18.2. The molecule has 172 valence electrons. The number of nitrogens with one attached hydrogen (secondary N) is 2. The molecule has 0 aliphatic rings. The van der Waals surface area contributed by atoms with E-state index in [-0.39, 0.29) is 17.3 Å². The van der Waals surface area contributed by atoms with Crippen LogP contribution in [0.25, 0.3) is 11.2 Å². The molecule has 0 saturated heterocycles.